The number of aliphatic imine (C=N–C) groups is 1. The number of ether oxygens (including phenoxy) is 3. The first-order valence-corrected chi connectivity index (χ1v) is 7.89. The molecule has 0 unspecified atom stereocenters. The van der Waals surface area contributed by atoms with Crippen LogP contribution in [0.1, 0.15) is 20.8 Å². The van der Waals surface area contributed by atoms with E-state index in [4.69, 9.17) is 19.9 Å². The maximum absolute atomic E-state index is 11.8. The Morgan fingerprint density at radius 1 is 1.24 bits per heavy atom. The molecule has 0 spiro atoms. The summed E-state index contributed by atoms with van der Waals surface area (Å²) in [5, 5.41) is 2.97. The van der Waals surface area contributed by atoms with Crippen LogP contribution in [0.15, 0.2) is 23.2 Å². The fourth-order valence-electron chi connectivity index (χ4n) is 1.85. The van der Waals surface area contributed by atoms with Crippen LogP contribution in [0.5, 0.6) is 11.5 Å². The number of rotatable bonds is 6. The Morgan fingerprint density at radius 2 is 1.88 bits per heavy atom. The largest absolute Gasteiger partial charge is 0.493 e. The second-order valence-corrected chi connectivity index (χ2v) is 6.36. The zero-order valence-electron chi connectivity index (χ0n) is 15.8. The first kappa shape index (κ1) is 20.4. The second kappa shape index (κ2) is 9.00. The highest BCUT2D eigenvalue weighted by Gasteiger charge is 2.19. The number of carbonyl (C=O) groups is 1. The fourth-order valence-corrected chi connectivity index (χ4v) is 1.85. The van der Waals surface area contributed by atoms with Crippen LogP contribution >= 0.6 is 0 Å². The van der Waals surface area contributed by atoms with Crippen molar-refractivity contribution in [1.29, 1.82) is 0 Å². The Morgan fingerprint density at radius 3 is 2.44 bits per heavy atom. The van der Waals surface area contributed by atoms with Crippen LogP contribution in [0.4, 0.5) is 10.5 Å². The Labute approximate surface area is 148 Å². The lowest BCUT2D eigenvalue weighted by atomic mass is 10.2. The first-order chi connectivity index (χ1) is 11.7. The smallest absolute Gasteiger partial charge is 0.410 e. The number of nitrogens with zero attached hydrogens (tertiary/aromatic N) is 2. The van der Waals surface area contributed by atoms with Crippen molar-refractivity contribution in [2.24, 2.45) is 10.7 Å². The third kappa shape index (κ3) is 7.19. The van der Waals surface area contributed by atoms with Crippen molar-refractivity contribution in [2.45, 2.75) is 26.4 Å². The lowest BCUT2D eigenvalue weighted by Gasteiger charge is -2.24. The summed E-state index contributed by atoms with van der Waals surface area (Å²) in [6, 6.07) is 5.33. The molecule has 0 aromatic heterocycles. The summed E-state index contributed by atoms with van der Waals surface area (Å²) >= 11 is 0. The van der Waals surface area contributed by atoms with Crippen molar-refractivity contribution in [1.82, 2.24) is 4.90 Å². The van der Waals surface area contributed by atoms with E-state index in [-0.39, 0.29) is 5.96 Å². The van der Waals surface area contributed by atoms with E-state index in [1.54, 1.807) is 39.5 Å². The molecule has 0 aliphatic heterocycles. The third-order valence-corrected chi connectivity index (χ3v) is 3.08. The molecular formula is C17H28N4O4. The minimum atomic E-state index is -0.525. The van der Waals surface area contributed by atoms with Gasteiger partial charge in [0.2, 0.25) is 0 Å². The number of nitrogens with one attached hydrogen (secondary N) is 1. The van der Waals surface area contributed by atoms with Gasteiger partial charge in [-0.25, -0.2) is 4.79 Å². The number of amides is 1. The van der Waals surface area contributed by atoms with Gasteiger partial charge in [-0.15, -0.1) is 0 Å². The van der Waals surface area contributed by atoms with Gasteiger partial charge >= 0.3 is 6.09 Å². The van der Waals surface area contributed by atoms with Crippen LogP contribution in [0.3, 0.4) is 0 Å². The highest BCUT2D eigenvalue weighted by atomic mass is 16.6. The third-order valence-electron chi connectivity index (χ3n) is 3.08. The summed E-state index contributed by atoms with van der Waals surface area (Å²) in [5.41, 5.74) is 6.06. The van der Waals surface area contributed by atoms with Gasteiger partial charge in [0.15, 0.2) is 17.5 Å². The van der Waals surface area contributed by atoms with Gasteiger partial charge in [-0.1, -0.05) is 0 Å². The molecule has 140 valence electrons. The Bertz CT molecular complexity index is 611. The number of hydrogen-bond donors (Lipinski definition) is 2. The highest BCUT2D eigenvalue weighted by Crippen LogP contribution is 2.29. The van der Waals surface area contributed by atoms with Gasteiger partial charge < -0.3 is 30.2 Å². The Balaban J connectivity index is 2.55. The van der Waals surface area contributed by atoms with Crippen molar-refractivity contribution in [3.63, 3.8) is 0 Å². The van der Waals surface area contributed by atoms with Gasteiger partial charge in [0.25, 0.3) is 0 Å². The molecule has 1 amide bonds. The van der Waals surface area contributed by atoms with Crippen molar-refractivity contribution in [3.8, 4) is 11.5 Å². The zero-order valence-corrected chi connectivity index (χ0v) is 15.8. The van der Waals surface area contributed by atoms with E-state index in [1.807, 2.05) is 20.8 Å². The van der Waals surface area contributed by atoms with Crippen LogP contribution < -0.4 is 20.5 Å². The number of likely N-dealkylation sites (N-methyl/N-ethyl adjacent to an activating group) is 1. The van der Waals surface area contributed by atoms with E-state index >= 15 is 0 Å². The average Bonchev–Trinajstić information content (AvgIpc) is 2.52. The minimum Gasteiger partial charge on any atom is -0.493 e. The molecule has 1 rings (SSSR count). The molecule has 0 saturated carbocycles. The average molecular weight is 352 g/mol. The molecule has 1 aromatic carbocycles. The van der Waals surface area contributed by atoms with Crippen LogP contribution in [-0.4, -0.2) is 56.9 Å². The normalized spacial score (nSPS) is 11.7. The highest BCUT2D eigenvalue weighted by molar-refractivity contribution is 5.92. The summed E-state index contributed by atoms with van der Waals surface area (Å²) in [5.74, 6) is 1.46. The SMILES string of the molecule is COc1ccc(NC(N)=NCCN(C)C(=O)OC(C)(C)C)cc1OC. The maximum atomic E-state index is 11.8. The topological polar surface area (TPSA) is 98.4 Å². The van der Waals surface area contributed by atoms with Crippen LogP contribution in [0, 0.1) is 0 Å². The second-order valence-electron chi connectivity index (χ2n) is 6.36. The van der Waals surface area contributed by atoms with Gasteiger partial charge in [-0.05, 0) is 32.9 Å². The summed E-state index contributed by atoms with van der Waals surface area (Å²) in [7, 11) is 4.79. The molecule has 8 nitrogen and oxygen atoms in total. The number of anilines is 1. The lowest BCUT2D eigenvalue weighted by Crippen LogP contribution is -2.36. The molecule has 0 bridgehead atoms. The molecule has 0 fully saturated rings. The van der Waals surface area contributed by atoms with Crippen LogP contribution in [0.25, 0.3) is 0 Å². The van der Waals surface area contributed by atoms with Crippen molar-refractivity contribution in [2.75, 3.05) is 39.7 Å². The van der Waals surface area contributed by atoms with Gasteiger partial charge in [0.1, 0.15) is 5.60 Å². The summed E-state index contributed by atoms with van der Waals surface area (Å²) in [6.07, 6.45) is -0.394. The molecular weight excluding hydrogens is 324 g/mol. The van der Waals surface area contributed by atoms with E-state index in [2.05, 4.69) is 10.3 Å². The number of nitrogens with two attached hydrogens (primary N) is 1. The predicted molar refractivity (Wildman–Crippen MR) is 98.5 cm³/mol. The Kier molecular flexibility index (Phi) is 7.35. The fraction of sp³-hybridized carbons (Fsp3) is 0.529. The van der Waals surface area contributed by atoms with Crippen molar-refractivity contribution in [3.05, 3.63) is 18.2 Å². The van der Waals surface area contributed by atoms with Crippen LogP contribution in [0.2, 0.25) is 0 Å². The van der Waals surface area contributed by atoms with Gasteiger partial charge in [0.05, 0.1) is 20.8 Å². The van der Waals surface area contributed by atoms with E-state index in [9.17, 15) is 4.79 Å². The quantitative estimate of drug-likeness (QED) is 0.602. The van der Waals surface area contributed by atoms with E-state index in [1.165, 1.54) is 4.90 Å². The first-order valence-electron chi connectivity index (χ1n) is 7.89. The minimum absolute atomic E-state index is 0.241. The molecule has 0 atom stereocenters. The number of hydrogen-bond acceptors (Lipinski definition) is 5. The standard InChI is InChI=1S/C17H28N4O4/c1-17(2,3)25-16(22)21(4)10-9-19-15(18)20-12-7-8-13(23-5)14(11-12)24-6/h7-8,11H,9-10H2,1-6H3,(H3,18,19,20). The molecule has 0 heterocycles. The Hall–Kier alpha value is -2.64. The molecule has 1 aromatic rings. The molecule has 8 heteroatoms. The molecule has 0 radical (unpaired) electrons. The molecule has 0 aliphatic carbocycles. The predicted octanol–water partition coefficient (Wildman–Crippen LogP) is 2.30. The molecule has 25 heavy (non-hydrogen) atoms. The van der Waals surface area contributed by atoms with Crippen molar-refractivity contribution < 1.29 is 19.0 Å². The number of guanidine groups is 1. The van der Waals surface area contributed by atoms with Gasteiger partial charge in [-0.2, -0.15) is 0 Å². The summed E-state index contributed by atoms with van der Waals surface area (Å²) < 4.78 is 15.7. The van der Waals surface area contributed by atoms with E-state index < -0.39 is 11.7 Å². The lowest BCUT2D eigenvalue weighted by molar-refractivity contribution is 0.0304. The summed E-state index contributed by atoms with van der Waals surface area (Å²) in [6.45, 7) is 6.21. The molecule has 0 saturated heterocycles. The summed E-state index contributed by atoms with van der Waals surface area (Å²) in [4.78, 5) is 17.5. The van der Waals surface area contributed by atoms with E-state index in [0.717, 1.165) is 5.69 Å². The van der Waals surface area contributed by atoms with E-state index in [0.29, 0.717) is 24.6 Å². The number of benzene rings is 1. The number of carbonyl (C=O) groups excluding carboxylic acids is 1. The monoisotopic (exact) mass is 352 g/mol. The molecule has 0 aliphatic rings. The zero-order chi connectivity index (χ0) is 19.0. The molecule has 3 N–H and O–H groups in total. The van der Waals surface area contributed by atoms with Gasteiger partial charge in [0, 0.05) is 25.3 Å². The maximum Gasteiger partial charge on any atom is 0.410 e. The van der Waals surface area contributed by atoms with Crippen LogP contribution in [-0.2, 0) is 4.74 Å². The number of methoxy groups -OCH3 is 2. The van der Waals surface area contributed by atoms with Gasteiger partial charge in [-0.3, -0.25) is 4.99 Å². The van der Waals surface area contributed by atoms with Crippen molar-refractivity contribution >= 4 is 17.7 Å².